The van der Waals surface area contributed by atoms with Gasteiger partial charge in [0.2, 0.25) is 0 Å². The molecule has 1 heterocycles. The quantitative estimate of drug-likeness (QED) is 0.607. The van der Waals surface area contributed by atoms with E-state index in [2.05, 4.69) is 5.43 Å². The molecule has 1 aromatic rings. The average Bonchev–Trinajstić information content (AvgIpc) is 2.34. The number of halogens is 1. The van der Waals surface area contributed by atoms with E-state index in [4.69, 9.17) is 10.6 Å². The van der Waals surface area contributed by atoms with Gasteiger partial charge in [0, 0.05) is 0 Å². The van der Waals surface area contributed by atoms with Crippen molar-refractivity contribution in [1.29, 1.82) is 0 Å². The Labute approximate surface area is 94.1 Å². The van der Waals surface area contributed by atoms with Crippen LogP contribution in [0, 0.1) is 5.82 Å². The first-order chi connectivity index (χ1) is 7.81. The fraction of sp³-hybridized carbons (Fsp3) is 0.333. The van der Waals surface area contributed by atoms with Gasteiger partial charge in [-0.2, -0.15) is 0 Å². The van der Waals surface area contributed by atoms with Crippen molar-refractivity contribution < 1.29 is 9.13 Å². The summed E-state index contributed by atoms with van der Waals surface area (Å²) in [7, 11) is 0. The Morgan fingerprint density at radius 3 is 2.62 bits per heavy atom. The third kappa shape index (κ3) is 2.40. The molecular formula is C12H15FN2O. The van der Waals surface area contributed by atoms with E-state index in [1.54, 1.807) is 12.1 Å². The Morgan fingerprint density at radius 2 is 2.06 bits per heavy atom. The Balaban J connectivity index is 2.21. The van der Waals surface area contributed by atoms with Crippen LogP contribution in [0.5, 0.6) is 0 Å². The molecule has 3 nitrogen and oxygen atoms in total. The Kier molecular flexibility index (Phi) is 3.54. The second kappa shape index (κ2) is 5.09. The molecule has 0 saturated heterocycles. The van der Waals surface area contributed by atoms with E-state index in [9.17, 15) is 4.39 Å². The van der Waals surface area contributed by atoms with Crippen molar-refractivity contribution in [2.45, 2.75) is 18.9 Å². The zero-order valence-electron chi connectivity index (χ0n) is 8.95. The lowest BCUT2D eigenvalue weighted by molar-refractivity contribution is 0.168. The first kappa shape index (κ1) is 11.1. The normalized spacial score (nSPS) is 17.5. The smallest absolute Gasteiger partial charge is 0.123 e. The zero-order valence-corrected chi connectivity index (χ0v) is 8.95. The fourth-order valence-electron chi connectivity index (χ4n) is 1.78. The lowest BCUT2D eigenvalue weighted by atomic mass is 10.0. The SMILES string of the molecule is NNC(C1=CCCCO1)c1ccc(F)cc1. The second-order valence-corrected chi connectivity index (χ2v) is 3.75. The minimum atomic E-state index is -0.252. The molecule has 86 valence electrons. The van der Waals surface area contributed by atoms with Crippen molar-refractivity contribution in [3.05, 3.63) is 47.5 Å². The van der Waals surface area contributed by atoms with Crippen LogP contribution in [0.1, 0.15) is 24.4 Å². The number of hydrogen-bond donors (Lipinski definition) is 2. The third-order valence-corrected chi connectivity index (χ3v) is 2.62. The van der Waals surface area contributed by atoms with E-state index in [0.29, 0.717) is 6.61 Å². The number of nitrogens with two attached hydrogens (primary N) is 1. The molecule has 0 aliphatic carbocycles. The van der Waals surface area contributed by atoms with Gasteiger partial charge in [0.1, 0.15) is 17.6 Å². The van der Waals surface area contributed by atoms with Gasteiger partial charge in [0.25, 0.3) is 0 Å². The summed E-state index contributed by atoms with van der Waals surface area (Å²) in [6.45, 7) is 0.714. The molecule has 0 spiro atoms. The van der Waals surface area contributed by atoms with Crippen molar-refractivity contribution in [3.63, 3.8) is 0 Å². The van der Waals surface area contributed by atoms with Crippen molar-refractivity contribution in [2.75, 3.05) is 6.61 Å². The lowest BCUT2D eigenvalue weighted by Gasteiger charge is -2.23. The van der Waals surface area contributed by atoms with E-state index >= 15 is 0 Å². The van der Waals surface area contributed by atoms with Gasteiger partial charge in [0.15, 0.2) is 0 Å². The monoisotopic (exact) mass is 222 g/mol. The third-order valence-electron chi connectivity index (χ3n) is 2.62. The fourth-order valence-corrected chi connectivity index (χ4v) is 1.78. The number of allylic oxidation sites excluding steroid dienone is 1. The molecule has 3 N–H and O–H groups in total. The van der Waals surface area contributed by atoms with Gasteiger partial charge < -0.3 is 4.74 Å². The largest absolute Gasteiger partial charge is 0.496 e. The molecule has 16 heavy (non-hydrogen) atoms. The van der Waals surface area contributed by atoms with Crippen molar-refractivity contribution in [2.24, 2.45) is 5.84 Å². The Morgan fingerprint density at radius 1 is 1.31 bits per heavy atom. The summed E-state index contributed by atoms with van der Waals surface area (Å²) in [4.78, 5) is 0. The molecule has 1 aliphatic heterocycles. The van der Waals surface area contributed by atoms with E-state index in [-0.39, 0.29) is 11.9 Å². The van der Waals surface area contributed by atoms with Gasteiger partial charge in [-0.15, -0.1) is 0 Å². The van der Waals surface area contributed by atoms with Crippen molar-refractivity contribution in [3.8, 4) is 0 Å². The van der Waals surface area contributed by atoms with Crippen LogP contribution in [0.4, 0.5) is 4.39 Å². The predicted molar refractivity (Wildman–Crippen MR) is 59.7 cm³/mol. The van der Waals surface area contributed by atoms with Crippen LogP contribution in [-0.4, -0.2) is 6.61 Å². The highest BCUT2D eigenvalue weighted by molar-refractivity contribution is 5.26. The van der Waals surface area contributed by atoms with Crippen LogP contribution >= 0.6 is 0 Å². The maximum atomic E-state index is 12.8. The average molecular weight is 222 g/mol. The van der Waals surface area contributed by atoms with Crippen LogP contribution in [0.25, 0.3) is 0 Å². The molecule has 2 rings (SSSR count). The molecule has 1 aliphatic rings. The van der Waals surface area contributed by atoms with Crippen LogP contribution in [-0.2, 0) is 4.74 Å². The number of hydrogen-bond acceptors (Lipinski definition) is 3. The standard InChI is InChI=1S/C12H15FN2O/c13-10-6-4-9(5-7-10)12(15-14)11-3-1-2-8-16-11/h3-7,12,15H,1-2,8,14H2. The van der Waals surface area contributed by atoms with Gasteiger partial charge in [-0.05, 0) is 36.6 Å². The molecule has 0 bridgehead atoms. The summed E-state index contributed by atoms with van der Waals surface area (Å²) in [6, 6.07) is 6.06. The Bertz CT molecular complexity index is 375. The maximum Gasteiger partial charge on any atom is 0.123 e. The van der Waals surface area contributed by atoms with Crippen LogP contribution < -0.4 is 11.3 Å². The van der Waals surface area contributed by atoms with Crippen LogP contribution in [0.3, 0.4) is 0 Å². The van der Waals surface area contributed by atoms with E-state index in [1.165, 1.54) is 12.1 Å². The van der Waals surface area contributed by atoms with Gasteiger partial charge in [-0.1, -0.05) is 12.1 Å². The van der Waals surface area contributed by atoms with Crippen LogP contribution in [0.2, 0.25) is 0 Å². The highest BCUT2D eigenvalue weighted by atomic mass is 19.1. The predicted octanol–water partition coefficient (Wildman–Crippen LogP) is 2.02. The number of ether oxygens (including phenoxy) is 1. The highest BCUT2D eigenvalue weighted by Gasteiger charge is 2.18. The van der Waals surface area contributed by atoms with Crippen molar-refractivity contribution >= 4 is 0 Å². The summed E-state index contributed by atoms with van der Waals surface area (Å²) in [5.41, 5.74) is 3.59. The second-order valence-electron chi connectivity index (χ2n) is 3.75. The molecular weight excluding hydrogens is 207 g/mol. The lowest BCUT2D eigenvalue weighted by Crippen LogP contribution is -2.31. The van der Waals surface area contributed by atoms with E-state index in [0.717, 1.165) is 24.2 Å². The van der Waals surface area contributed by atoms with Crippen LogP contribution in [0.15, 0.2) is 36.1 Å². The molecule has 0 fully saturated rings. The molecule has 1 atom stereocenters. The first-order valence-corrected chi connectivity index (χ1v) is 5.35. The molecule has 4 heteroatoms. The summed E-state index contributed by atoms with van der Waals surface area (Å²) < 4.78 is 18.3. The van der Waals surface area contributed by atoms with Gasteiger partial charge in [0.05, 0.1) is 6.61 Å². The molecule has 0 radical (unpaired) electrons. The molecule has 0 amide bonds. The van der Waals surface area contributed by atoms with Gasteiger partial charge >= 0.3 is 0 Å². The molecule has 1 aromatic carbocycles. The first-order valence-electron chi connectivity index (χ1n) is 5.35. The highest BCUT2D eigenvalue weighted by Crippen LogP contribution is 2.25. The maximum absolute atomic E-state index is 12.8. The van der Waals surface area contributed by atoms with E-state index in [1.807, 2.05) is 6.08 Å². The molecule has 1 unspecified atom stereocenters. The minimum absolute atomic E-state index is 0.194. The summed E-state index contributed by atoms with van der Waals surface area (Å²) in [5.74, 6) is 6.08. The number of rotatable bonds is 3. The molecule has 0 saturated carbocycles. The minimum Gasteiger partial charge on any atom is -0.496 e. The van der Waals surface area contributed by atoms with Gasteiger partial charge in [-0.3, -0.25) is 5.84 Å². The number of hydrazine groups is 1. The van der Waals surface area contributed by atoms with E-state index < -0.39 is 0 Å². The summed E-state index contributed by atoms with van der Waals surface area (Å²) in [5, 5.41) is 0. The Hall–Kier alpha value is -1.39. The summed E-state index contributed by atoms with van der Waals surface area (Å²) in [6.07, 6.45) is 4.05. The summed E-state index contributed by atoms with van der Waals surface area (Å²) >= 11 is 0. The number of benzene rings is 1. The number of nitrogens with one attached hydrogen (secondary N) is 1. The molecule has 0 aromatic heterocycles. The van der Waals surface area contributed by atoms with Gasteiger partial charge in [-0.25, -0.2) is 9.82 Å². The topological polar surface area (TPSA) is 47.3 Å². The van der Waals surface area contributed by atoms with Crippen molar-refractivity contribution in [1.82, 2.24) is 5.43 Å². The zero-order chi connectivity index (χ0) is 11.4.